The Bertz CT molecular complexity index is 525. The fraction of sp³-hybridized carbons (Fsp3) is 0.417. The molecule has 0 radical (unpaired) electrons. The molecule has 6 nitrogen and oxygen atoms in total. The molecule has 0 saturated carbocycles. The summed E-state index contributed by atoms with van der Waals surface area (Å²) in [7, 11) is -1.97. The molecule has 0 heterocycles. The Kier molecular flexibility index (Phi) is 5.31. The molecule has 0 bridgehead atoms. The molecule has 1 rings (SSSR count). The third kappa shape index (κ3) is 4.22. The Morgan fingerprint density at radius 2 is 1.95 bits per heavy atom. The summed E-state index contributed by atoms with van der Waals surface area (Å²) in [5.41, 5.74) is 5.73. The van der Waals surface area contributed by atoms with Gasteiger partial charge in [0.2, 0.25) is 5.91 Å². The largest absolute Gasteiger partial charge is 0.497 e. The second-order valence-corrected chi connectivity index (χ2v) is 6.46. The first-order valence-corrected chi connectivity index (χ1v) is 7.49. The molecule has 7 heteroatoms. The van der Waals surface area contributed by atoms with Gasteiger partial charge in [0.25, 0.3) is 0 Å². The van der Waals surface area contributed by atoms with E-state index < -0.39 is 21.0 Å². The number of amides is 1. The standard InChI is InChI=1S/C12H18N2O4S/c1-9(19(16,17)8-7-13)12(15)14-10-3-5-11(18-2)6-4-10/h3-6,9H,7-8,13H2,1-2H3,(H,14,15). The SMILES string of the molecule is COc1ccc(NC(=O)C(C)S(=O)(=O)CCN)cc1. The van der Waals surface area contributed by atoms with Crippen molar-refractivity contribution in [3.05, 3.63) is 24.3 Å². The number of hydrogen-bond donors (Lipinski definition) is 2. The number of carbonyl (C=O) groups excluding carboxylic acids is 1. The lowest BCUT2D eigenvalue weighted by Gasteiger charge is -2.13. The minimum Gasteiger partial charge on any atom is -0.497 e. The predicted molar refractivity (Wildman–Crippen MR) is 73.9 cm³/mol. The summed E-state index contributed by atoms with van der Waals surface area (Å²) >= 11 is 0. The summed E-state index contributed by atoms with van der Waals surface area (Å²) in [5.74, 6) is -0.120. The lowest BCUT2D eigenvalue weighted by atomic mass is 10.3. The molecule has 1 aromatic rings. The number of ether oxygens (including phenoxy) is 1. The van der Waals surface area contributed by atoms with Gasteiger partial charge < -0.3 is 15.8 Å². The van der Waals surface area contributed by atoms with Crippen LogP contribution < -0.4 is 15.8 Å². The van der Waals surface area contributed by atoms with Crippen LogP contribution in [-0.2, 0) is 14.6 Å². The molecule has 1 aromatic carbocycles. The Morgan fingerprint density at radius 3 is 2.42 bits per heavy atom. The molecule has 1 atom stereocenters. The molecule has 0 aliphatic carbocycles. The Balaban J connectivity index is 2.73. The van der Waals surface area contributed by atoms with Crippen molar-refractivity contribution in [3.8, 4) is 5.75 Å². The van der Waals surface area contributed by atoms with Crippen molar-refractivity contribution in [2.45, 2.75) is 12.2 Å². The highest BCUT2D eigenvalue weighted by atomic mass is 32.2. The number of nitrogens with two attached hydrogens (primary N) is 1. The van der Waals surface area contributed by atoms with Crippen LogP contribution in [-0.4, -0.2) is 39.0 Å². The molecule has 1 unspecified atom stereocenters. The molecule has 3 N–H and O–H groups in total. The minimum atomic E-state index is -3.50. The Morgan fingerprint density at radius 1 is 1.37 bits per heavy atom. The number of nitrogens with one attached hydrogen (secondary N) is 1. The second kappa shape index (κ2) is 6.53. The van der Waals surface area contributed by atoms with Gasteiger partial charge in [-0.3, -0.25) is 4.79 Å². The number of carbonyl (C=O) groups is 1. The van der Waals surface area contributed by atoms with Gasteiger partial charge in [-0.2, -0.15) is 0 Å². The highest BCUT2D eigenvalue weighted by Crippen LogP contribution is 2.16. The van der Waals surface area contributed by atoms with E-state index in [1.54, 1.807) is 24.3 Å². The summed E-state index contributed by atoms with van der Waals surface area (Å²) in [6, 6.07) is 6.63. The first-order valence-electron chi connectivity index (χ1n) is 5.77. The minimum absolute atomic E-state index is 0.00247. The summed E-state index contributed by atoms with van der Waals surface area (Å²) in [5, 5.41) is 1.42. The fourth-order valence-electron chi connectivity index (χ4n) is 1.42. The van der Waals surface area contributed by atoms with E-state index in [0.29, 0.717) is 11.4 Å². The third-order valence-corrected chi connectivity index (χ3v) is 4.76. The highest BCUT2D eigenvalue weighted by molar-refractivity contribution is 7.92. The van der Waals surface area contributed by atoms with Crippen molar-refractivity contribution in [1.82, 2.24) is 0 Å². The average molecular weight is 286 g/mol. The molecule has 1 amide bonds. The molecule has 0 spiro atoms. The van der Waals surface area contributed by atoms with Crippen LogP contribution >= 0.6 is 0 Å². The van der Waals surface area contributed by atoms with E-state index in [1.165, 1.54) is 14.0 Å². The number of anilines is 1. The van der Waals surface area contributed by atoms with Gasteiger partial charge >= 0.3 is 0 Å². The van der Waals surface area contributed by atoms with Gasteiger partial charge in [-0.15, -0.1) is 0 Å². The smallest absolute Gasteiger partial charge is 0.242 e. The monoisotopic (exact) mass is 286 g/mol. The van der Waals surface area contributed by atoms with E-state index in [1.807, 2.05) is 0 Å². The maximum absolute atomic E-state index is 11.8. The van der Waals surface area contributed by atoms with Crippen LogP contribution in [0.1, 0.15) is 6.92 Å². The second-order valence-electron chi connectivity index (χ2n) is 4.02. The summed E-state index contributed by atoms with van der Waals surface area (Å²) in [6.45, 7) is 1.35. The van der Waals surface area contributed by atoms with E-state index in [0.717, 1.165) is 0 Å². The van der Waals surface area contributed by atoms with Gasteiger partial charge in [0.1, 0.15) is 11.0 Å². The van der Waals surface area contributed by atoms with Gasteiger partial charge in [-0.1, -0.05) is 0 Å². The maximum Gasteiger partial charge on any atom is 0.242 e. The van der Waals surface area contributed by atoms with Crippen LogP contribution in [0.4, 0.5) is 5.69 Å². The van der Waals surface area contributed by atoms with Crippen molar-refractivity contribution in [2.75, 3.05) is 24.7 Å². The molecule has 0 aliphatic heterocycles. The summed E-state index contributed by atoms with van der Waals surface area (Å²) < 4.78 is 28.4. The van der Waals surface area contributed by atoms with Crippen molar-refractivity contribution >= 4 is 21.4 Å². The van der Waals surface area contributed by atoms with Gasteiger partial charge in [-0.25, -0.2) is 8.42 Å². The third-order valence-electron chi connectivity index (χ3n) is 2.67. The maximum atomic E-state index is 11.8. The first-order chi connectivity index (χ1) is 8.90. The molecule has 0 fully saturated rings. The molecule has 106 valence electrons. The van der Waals surface area contributed by atoms with Gasteiger partial charge in [-0.05, 0) is 31.2 Å². The van der Waals surface area contributed by atoms with Crippen LogP contribution in [0, 0.1) is 0 Å². The van der Waals surface area contributed by atoms with Crippen molar-refractivity contribution < 1.29 is 17.9 Å². The van der Waals surface area contributed by atoms with E-state index in [9.17, 15) is 13.2 Å². The average Bonchev–Trinajstić information content (AvgIpc) is 2.38. The van der Waals surface area contributed by atoms with Crippen LogP contribution in [0.15, 0.2) is 24.3 Å². The normalized spacial score (nSPS) is 12.8. The Labute approximate surface area is 112 Å². The lowest BCUT2D eigenvalue weighted by Crippen LogP contribution is -2.35. The fourth-order valence-corrected chi connectivity index (χ4v) is 2.49. The van der Waals surface area contributed by atoms with E-state index >= 15 is 0 Å². The quantitative estimate of drug-likeness (QED) is 0.788. The van der Waals surface area contributed by atoms with E-state index in [-0.39, 0.29) is 12.3 Å². The van der Waals surface area contributed by atoms with Crippen LogP contribution in [0.25, 0.3) is 0 Å². The van der Waals surface area contributed by atoms with Gasteiger partial charge in [0.05, 0.1) is 12.9 Å². The van der Waals surface area contributed by atoms with Crippen molar-refractivity contribution in [3.63, 3.8) is 0 Å². The summed E-state index contributed by atoms with van der Waals surface area (Å²) in [4.78, 5) is 11.8. The molecule has 0 aliphatic rings. The van der Waals surface area contributed by atoms with E-state index in [4.69, 9.17) is 10.5 Å². The van der Waals surface area contributed by atoms with Crippen LogP contribution in [0.3, 0.4) is 0 Å². The summed E-state index contributed by atoms with van der Waals surface area (Å²) in [6.07, 6.45) is 0. The number of methoxy groups -OCH3 is 1. The van der Waals surface area contributed by atoms with Crippen molar-refractivity contribution in [1.29, 1.82) is 0 Å². The van der Waals surface area contributed by atoms with Crippen LogP contribution in [0.5, 0.6) is 5.75 Å². The number of sulfone groups is 1. The topological polar surface area (TPSA) is 98.5 Å². The number of rotatable bonds is 6. The zero-order valence-electron chi connectivity index (χ0n) is 10.9. The number of benzene rings is 1. The number of hydrogen-bond acceptors (Lipinski definition) is 5. The van der Waals surface area contributed by atoms with Gasteiger partial charge in [0.15, 0.2) is 9.84 Å². The molecule has 19 heavy (non-hydrogen) atoms. The highest BCUT2D eigenvalue weighted by Gasteiger charge is 2.27. The van der Waals surface area contributed by atoms with Gasteiger partial charge in [0, 0.05) is 12.2 Å². The first kappa shape index (κ1) is 15.5. The lowest BCUT2D eigenvalue weighted by molar-refractivity contribution is -0.115. The van der Waals surface area contributed by atoms with E-state index in [2.05, 4.69) is 5.32 Å². The zero-order chi connectivity index (χ0) is 14.5. The zero-order valence-corrected chi connectivity index (χ0v) is 11.7. The predicted octanol–water partition coefficient (Wildman–Crippen LogP) is 0.396. The Hall–Kier alpha value is -1.60. The molecular weight excluding hydrogens is 268 g/mol. The van der Waals surface area contributed by atoms with Crippen molar-refractivity contribution in [2.24, 2.45) is 5.73 Å². The molecule has 0 saturated heterocycles. The van der Waals surface area contributed by atoms with Crippen LogP contribution in [0.2, 0.25) is 0 Å². The molecule has 0 aromatic heterocycles. The molecular formula is C12H18N2O4S.